The maximum Gasteiger partial charge on any atom is 0.472 e. The summed E-state index contributed by atoms with van der Waals surface area (Å²) in [6, 6.07) is 0. The Morgan fingerprint density at radius 2 is 0.545 bits per heavy atom. The van der Waals surface area contributed by atoms with E-state index in [1.54, 1.807) is 0 Å². The van der Waals surface area contributed by atoms with Gasteiger partial charge in [0.2, 0.25) is 0 Å². The van der Waals surface area contributed by atoms with Gasteiger partial charge in [-0.2, -0.15) is 0 Å². The molecule has 0 saturated heterocycles. The van der Waals surface area contributed by atoms with E-state index in [1.165, 1.54) is 128 Å². The number of ether oxygens (including phenoxy) is 4. The van der Waals surface area contributed by atoms with Crippen molar-refractivity contribution in [2.75, 3.05) is 39.6 Å². The Hall–Kier alpha value is -1.94. The van der Waals surface area contributed by atoms with Gasteiger partial charge in [-0.3, -0.25) is 37.3 Å². The molecule has 3 N–H and O–H groups in total. The number of hydrogen-bond acceptors (Lipinski definition) is 15. The molecule has 0 heterocycles. The van der Waals surface area contributed by atoms with E-state index >= 15 is 0 Å². The van der Waals surface area contributed by atoms with Crippen molar-refractivity contribution in [3.63, 3.8) is 0 Å². The third-order valence-electron chi connectivity index (χ3n) is 16.2. The molecule has 88 heavy (non-hydrogen) atoms. The molecular formula is C69H134O17P2. The van der Waals surface area contributed by atoms with Crippen LogP contribution >= 0.6 is 15.6 Å². The Kier molecular flexibility index (Phi) is 57.6. The average molecular weight is 1300 g/mol. The lowest BCUT2D eigenvalue weighted by Gasteiger charge is -2.21. The lowest BCUT2D eigenvalue weighted by atomic mass is 9.99. The Morgan fingerprint density at radius 1 is 0.318 bits per heavy atom. The summed E-state index contributed by atoms with van der Waals surface area (Å²) in [7, 11) is -9.90. The van der Waals surface area contributed by atoms with Gasteiger partial charge in [0.1, 0.15) is 19.3 Å². The summed E-state index contributed by atoms with van der Waals surface area (Å²) in [5.74, 6) is 0.814. The Bertz CT molecular complexity index is 1750. The van der Waals surface area contributed by atoms with E-state index in [0.717, 1.165) is 115 Å². The first-order valence-corrected chi connectivity index (χ1v) is 38.7. The van der Waals surface area contributed by atoms with Crippen molar-refractivity contribution < 1.29 is 80.2 Å². The van der Waals surface area contributed by atoms with Gasteiger partial charge in [-0.05, 0) is 49.4 Å². The molecule has 0 aliphatic rings. The molecular weight excluding hydrogens is 1160 g/mol. The maximum atomic E-state index is 13.0. The molecule has 0 amide bonds. The number of phosphoric ester groups is 2. The van der Waals surface area contributed by atoms with E-state index < -0.39 is 97.5 Å². The zero-order chi connectivity index (χ0) is 65.4. The summed E-state index contributed by atoms with van der Waals surface area (Å²) in [6.45, 7) is 14.0. The Morgan fingerprint density at radius 3 is 0.807 bits per heavy atom. The van der Waals surface area contributed by atoms with Gasteiger partial charge in [-0.25, -0.2) is 9.13 Å². The Balaban J connectivity index is 5.22. The fourth-order valence-electron chi connectivity index (χ4n) is 10.3. The van der Waals surface area contributed by atoms with Crippen LogP contribution in [0, 0.1) is 23.7 Å². The van der Waals surface area contributed by atoms with E-state index in [4.69, 9.17) is 37.0 Å². The number of aliphatic hydroxyl groups is 1. The molecule has 0 fully saturated rings. The molecule has 19 heteroatoms. The molecule has 0 radical (unpaired) electrons. The SMILES string of the molecule is CCC(C)CCCCCCCCCCCCC(=O)O[C@H](COC(=O)CCCCCCCCC(C)C)COP(=O)(O)OC[C@@H](O)COP(=O)(O)OC[C@@H](COC(=O)CCCCCCCCC(C)C)OC(=O)CCCCCCCCCCCCCCCC(C)C. The van der Waals surface area contributed by atoms with Gasteiger partial charge >= 0.3 is 39.5 Å². The minimum absolute atomic E-state index is 0.104. The van der Waals surface area contributed by atoms with E-state index in [0.29, 0.717) is 37.5 Å². The smallest absolute Gasteiger partial charge is 0.462 e. The lowest BCUT2D eigenvalue weighted by molar-refractivity contribution is -0.161. The number of carbonyl (C=O) groups excluding carboxylic acids is 4. The average Bonchev–Trinajstić information content (AvgIpc) is 3.57. The molecule has 0 aromatic rings. The summed E-state index contributed by atoms with van der Waals surface area (Å²) in [5, 5.41) is 10.6. The Labute approximate surface area is 537 Å². The molecule has 6 atom stereocenters. The van der Waals surface area contributed by atoms with E-state index in [9.17, 15) is 43.2 Å². The number of carbonyl (C=O) groups is 4. The van der Waals surface area contributed by atoms with Crippen LogP contribution in [0.25, 0.3) is 0 Å². The second-order valence-corrected chi connectivity index (χ2v) is 29.5. The minimum Gasteiger partial charge on any atom is -0.462 e. The lowest BCUT2D eigenvalue weighted by Crippen LogP contribution is -2.30. The summed E-state index contributed by atoms with van der Waals surface area (Å²) < 4.78 is 68.2. The first-order valence-electron chi connectivity index (χ1n) is 35.7. The van der Waals surface area contributed by atoms with Crippen molar-refractivity contribution in [3.8, 4) is 0 Å². The molecule has 0 aromatic heterocycles. The van der Waals surface area contributed by atoms with Gasteiger partial charge in [0.05, 0.1) is 26.4 Å². The predicted octanol–water partition coefficient (Wildman–Crippen LogP) is 19.3. The summed E-state index contributed by atoms with van der Waals surface area (Å²) in [4.78, 5) is 72.4. The first kappa shape index (κ1) is 86.1. The van der Waals surface area contributed by atoms with Gasteiger partial charge in [0, 0.05) is 25.7 Å². The molecule has 3 unspecified atom stereocenters. The fourth-order valence-corrected chi connectivity index (χ4v) is 11.9. The van der Waals surface area contributed by atoms with Crippen molar-refractivity contribution in [1.82, 2.24) is 0 Å². The third-order valence-corrected chi connectivity index (χ3v) is 18.1. The van der Waals surface area contributed by atoms with Crippen molar-refractivity contribution >= 4 is 39.5 Å². The fraction of sp³-hybridized carbons (Fsp3) is 0.942. The van der Waals surface area contributed by atoms with Crippen molar-refractivity contribution in [3.05, 3.63) is 0 Å². The molecule has 0 aliphatic carbocycles. The topological polar surface area (TPSA) is 237 Å². The van der Waals surface area contributed by atoms with Crippen LogP contribution in [0.15, 0.2) is 0 Å². The highest BCUT2D eigenvalue weighted by Gasteiger charge is 2.30. The highest BCUT2D eigenvalue weighted by Crippen LogP contribution is 2.45. The normalized spacial score (nSPS) is 14.6. The van der Waals surface area contributed by atoms with Crippen LogP contribution < -0.4 is 0 Å². The summed E-state index contributed by atoms with van der Waals surface area (Å²) in [6.07, 6.45) is 40.5. The molecule has 0 spiro atoms. The highest BCUT2D eigenvalue weighted by molar-refractivity contribution is 7.47. The van der Waals surface area contributed by atoms with E-state index in [1.807, 2.05) is 0 Å². The van der Waals surface area contributed by atoms with Crippen LogP contribution in [0.1, 0.15) is 338 Å². The molecule has 0 rings (SSSR count). The van der Waals surface area contributed by atoms with Gasteiger partial charge in [-0.1, -0.05) is 287 Å². The summed E-state index contributed by atoms with van der Waals surface area (Å²) in [5.41, 5.74) is 0. The molecule has 0 bridgehead atoms. The van der Waals surface area contributed by atoms with Crippen LogP contribution in [-0.2, 0) is 65.4 Å². The van der Waals surface area contributed by atoms with Crippen LogP contribution in [0.2, 0.25) is 0 Å². The third kappa shape index (κ3) is 61.6. The standard InChI is InChI=1S/C69H134O17P2/c1-9-62(8)48-40-32-22-18-15-16-20-24-36-44-52-69(74)86-65(56-80-67(72)50-42-34-28-26-31-39-47-61(6)7)58-84-88(77,78)82-54-63(70)53-81-87(75,76)83-57-64(55-79-66(71)49-41-33-27-25-30-38-46-60(4)5)85-68(73)51-43-35-23-19-14-12-10-11-13-17-21-29-37-45-59(2)3/h59-65,70H,9-58H2,1-8H3,(H,75,76)(H,77,78)/t62?,63-,64+,65+/m0/s1. The maximum absolute atomic E-state index is 13.0. The van der Waals surface area contributed by atoms with Crippen LogP contribution in [-0.4, -0.2) is 96.7 Å². The zero-order valence-corrected chi connectivity index (χ0v) is 59.1. The molecule has 0 saturated carbocycles. The summed E-state index contributed by atoms with van der Waals surface area (Å²) >= 11 is 0. The van der Waals surface area contributed by atoms with Gasteiger partial charge in [0.15, 0.2) is 12.2 Å². The van der Waals surface area contributed by atoms with Gasteiger partial charge < -0.3 is 33.8 Å². The second-order valence-electron chi connectivity index (χ2n) is 26.6. The van der Waals surface area contributed by atoms with Gasteiger partial charge in [-0.15, -0.1) is 0 Å². The molecule has 522 valence electrons. The zero-order valence-electron chi connectivity index (χ0n) is 57.3. The van der Waals surface area contributed by atoms with Gasteiger partial charge in [0.25, 0.3) is 0 Å². The van der Waals surface area contributed by atoms with Crippen molar-refractivity contribution in [2.45, 2.75) is 356 Å². The number of rotatable bonds is 66. The van der Waals surface area contributed by atoms with E-state index in [-0.39, 0.29) is 25.7 Å². The van der Waals surface area contributed by atoms with Crippen molar-refractivity contribution in [1.29, 1.82) is 0 Å². The molecule has 0 aliphatic heterocycles. The number of hydrogen-bond donors (Lipinski definition) is 3. The highest BCUT2D eigenvalue weighted by atomic mass is 31.2. The van der Waals surface area contributed by atoms with Crippen LogP contribution in [0.3, 0.4) is 0 Å². The van der Waals surface area contributed by atoms with Crippen LogP contribution in [0.4, 0.5) is 0 Å². The van der Waals surface area contributed by atoms with Crippen molar-refractivity contribution in [2.24, 2.45) is 23.7 Å². The monoisotopic (exact) mass is 1300 g/mol. The first-order chi connectivity index (χ1) is 42.1. The quantitative estimate of drug-likeness (QED) is 0.0222. The van der Waals surface area contributed by atoms with E-state index in [2.05, 4.69) is 55.4 Å². The number of aliphatic hydroxyl groups excluding tert-OH is 1. The minimum atomic E-state index is -4.95. The van der Waals surface area contributed by atoms with Crippen LogP contribution in [0.5, 0.6) is 0 Å². The largest absolute Gasteiger partial charge is 0.472 e. The number of phosphoric acid groups is 2. The number of unbranched alkanes of at least 4 members (excludes halogenated alkanes) is 31. The number of esters is 4. The molecule has 17 nitrogen and oxygen atoms in total. The predicted molar refractivity (Wildman–Crippen MR) is 354 cm³/mol. The second kappa shape index (κ2) is 58.8. The molecule has 0 aromatic carbocycles.